The first-order chi connectivity index (χ1) is 7.95. The highest BCUT2D eigenvalue weighted by Crippen LogP contribution is 2.25. The maximum Gasteiger partial charge on any atom is 0.0790 e. The summed E-state index contributed by atoms with van der Waals surface area (Å²) in [7, 11) is 0. The van der Waals surface area contributed by atoms with Crippen LogP contribution in [-0.4, -0.2) is 5.11 Å². The fraction of sp³-hybridized carbons (Fsp3) is 0.500. The molecule has 1 atom stereocenters. The molecule has 0 spiro atoms. The summed E-state index contributed by atoms with van der Waals surface area (Å²) in [4.78, 5) is 0. The van der Waals surface area contributed by atoms with Gasteiger partial charge in [-0.2, -0.15) is 0 Å². The van der Waals surface area contributed by atoms with E-state index in [1.807, 2.05) is 18.2 Å². The lowest BCUT2D eigenvalue weighted by Crippen LogP contribution is -2.11. The van der Waals surface area contributed by atoms with Crippen molar-refractivity contribution in [3.8, 4) is 0 Å². The highest BCUT2D eigenvalue weighted by molar-refractivity contribution is 5.28. The van der Waals surface area contributed by atoms with Gasteiger partial charge in [-0.25, -0.2) is 0 Å². The van der Waals surface area contributed by atoms with Gasteiger partial charge >= 0.3 is 0 Å². The molecule has 0 fully saturated rings. The summed E-state index contributed by atoms with van der Waals surface area (Å²) in [5.41, 5.74) is 2.49. The van der Waals surface area contributed by atoms with E-state index in [1.54, 1.807) is 0 Å². The smallest absolute Gasteiger partial charge is 0.0790 e. The van der Waals surface area contributed by atoms with Gasteiger partial charge in [0.05, 0.1) is 6.10 Å². The second-order valence-electron chi connectivity index (χ2n) is 5.61. The van der Waals surface area contributed by atoms with E-state index in [0.29, 0.717) is 0 Å². The SMILES string of the molecule is C=CCCCC(O)c1ccc(C(C)(C)C)cc1. The molecule has 0 aliphatic rings. The van der Waals surface area contributed by atoms with Crippen molar-refractivity contribution in [1.82, 2.24) is 0 Å². The summed E-state index contributed by atoms with van der Waals surface area (Å²) in [6.45, 7) is 10.3. The largest absolute Gasteiger partial charge is 0.388 e. The number of benzene rings is 1. The number of allylic oxidation sites excluding steroid dienone is 1. The molecule has 0 bridgehead atoms. The molecule has 17 heavy (non-hydrogen) atoms. The number of rotatable bonds is 5. The number of aliphatic hydroxyl groups excluding tert-OH is 1. The van der Waals surface area contributed by atoms with Crippen molar-refractivity contribution in [2.75, 3.05) is 0 Å². The summed E-state index contributed by atoms with van der Waals surface area (Å²) in [5, 5.41) is 10.0. The molecule has 1 nitrogen and oxygen atoms in total. The predicted octanol–water partition coefficient (Wildman–Crippen LogP) is 4.37. The van der Waals surface area contributed by atoms with E-state index >= 15 is 0 Å². The number of hydrogen-bond donors (Lipinski definition) is 1. The van der Waals surface area contributed by atoms with Gasteiger partial charge in [0.2, 0.25) is 0 Å². The Morgan fingerprint density at radius 3 is 2.29 bits per heavy atom. The predicted molar refractivity (Wildman–Crippen MR) is 74.1 cm³/mol. The average Bonchev–Trinajstić information content (AvgIpc) is 2.28. The fourth-order valence-electron chi connectivity index (χ4n) is 1.83. The second-order valence-corrected chi connectivity index (χ2v) is 5.61. The van der Waals surface area contributed by atoms with Crippen LogP contribution in [0.1, 0.15) is 57.3 Å². The van der Waals surface area contributed by atoms with Crippen molar-refractivity contribution in [3.05, 3.63) is 48.0 Å². The van der Waals surface area contributed by atoms with Crippen LogP contribution in [0.5, 0.6) is 0 Å². The molecule has 0 saturated heterocycles. The van der Waals surface area contributed by atoms with E-state index < -0.39 is 0 Å². The Balaban J connectivity index is 2.64. The van der Waals surface area contributed by atoms with Gasteiger partial charge in [0.25, 0.3) is 0 Å². The number of unbranched alkanes of at least 4 members (excludes halogenated alkanes) is 1. The van der Waals surface area contributed by atoms with Crippen LogP contribution >= 0.6 is 0 Å². The second kappa shape index (κ2) is 6.02. The van der Waals surface area contributed by atoms with Crippen molar-refractivity contribution in [1.29, 1.82) is 0 Å². The monoisotopic (exact) mass is 232 g/mol. The van der Waals surface area contributed by atoms with Gasteiger partial charge in [0, 0.05) is 0 Å². The Kier molecular flexibility index (Phi) is 4.95. The highest BCUT2D eigenvalue weighted by Gasteiger charge is 2.14. The van der Waals surface area contributed by atoms with Crippen molar-refractivity contribution < 1.29 is 5.11 Å². The van der Waals surface area contributed by atoms with Crippen LogP contribution in [-0.2, 0) is 5.41 Å². The Hall–Kier alpha value is -1.08. The van der Waals surface area contributed by atoms with Crippen molar-refractivity contribution >= 4 is 0 Å². The first-order valence-electron chi connectivity index (χ1n) is 6.34. The maximum atomic E-state index is 10.0. The lowest BCUT2D eigenvalue weighted by Gasteiger charge is -2.20. The summed E-state index contributed by atoms with van der Waals surface area (Å²) in [6.07, 6.45) is 4.32. The molecule has 0 aliphatic heterocycles. The van der Waals surface area contributed by atoms with Gasteiger partial charge in [-0.1, -0.05) is 51.1 Å². The Labute approximate surface area is 105 Å². The fourth-order valence-corrected chi connectivity index (χ4v) is 1.83. The van der Waals surface area contributed by atoms with Crippen LogP contribution in [0.15, 0.2) is 36.9 Å². The van der Waals surface area contributed by atoms with E-state index in [1.165, 1.54) is 5.56 Å². The van der Waals surface area contributed by atoms with Gasteiger partial charge in [-0.3, -0.25) is 0 Å². The van der Waals surface area contributed by atoms with Crippen LogP contribution < -0.4 is 0 Å². The third-order valence-corrected chi connectivity index (χ3v) is 3.05. The Bertz CT molecular complexity index is 343. The summed E-state index contributed by atoms with van der Waals surface area (Å²) >= 11 is 0. The van der Waals surface area contributed by atoms with E-state index in [-0.39, 0.29) is 11.5 Å². The van der Waals surface area contributed by atoms with Crippen LogP contribution in [0.25, 0.3) is 0 Å². The third-order valence-electron chi connectivity index (χ3n) is 3.05. The summed E-state index contributed by atoms with van der Waals surface area (Å²) in [6, 6.07) is 8.32. The molecule has 0 aliphatic carbocycles. The standard InChI is InChI=1S/C16H24O/c1-5-6-7-8-15(17)13-9-11-14(12-10-13)16(2,3)4/h5,9-12,15,17H,1,6-8H2,2-4H3. The normalized spacial score (nSPS) is 13.4. The van der Waals surface area contributed by atoms with E-state index in [2.05, 4.69) is 39.5 Å². The van der Waals surface area contributed by atoms with Crippen LogP contribution in [0.2, 0.25) is 0 Å². The van der Waals surface area contributed by atoms with Crippen LogP contribution in [0, 0.1) is 0 Å². The minimum atomic E-state index is -0.344. The molecule has 1 unspecified atom stereocenters. The molecule has 0 saturated carbocycles. The Morgan fingerprint density at radius 2 is 1.82 bits per heavy atom. The molecule has 1 N–H and O–H groups in total. The van der Waals surface area contributed by atoms with E-state index in [0.717, 1.165) is 24.8 Å². The summed E-state index contributed by atoms with van der Waals surface area (Å²) < 4.78 is 0. The lowest BCUT2D eigenvalue weighted by molar-refractivity contribution is 0.165. The van der Waals surface area contributed by atoms with Crippen LogP contribution in [0.4, 0.5) is 0 Å². The van der Waals surface area contributed by atoms with Gasteiger partial charge in [-0.05, 0) is 35.8 Å². The average molecular weight is 232 g/mol. The van der Waals surface area contributed by atoms with Gasteiger partial charge < -0.3 is 5.11 Å². The zero-order valence-corrected chi connectivity index (χ0v) is 11.2. The quantitative estimate of drug-likeness (QED) is 0.590. The molecule has 0 heterocycles. The minimum absolute atomic E-state index is 0.173. The van der Waals surface area contributed by atoms with Crippen LogP contribution in [0.3, 0.4) is 0 Å². The summed E-state index contributed by atoms with van der Waals surface area (Å²) in [5.74, 6) is 0. The number of aliphatic hydroxyl groups is 1. The van der Waals surface area contributed by atoms with E-state index in [4.69, 9.17) is 0 Å². The Morgan fingerprint density at radius 1 is 1.24 bits per heavy atom. The molecular weight excluding hydrogens is 208 g/mol. The first-order valence-corrected chi connectivity index (χ1v) is 6.34. The highest BCUT2D eigenvalue weighted by atomic mass is 16.3. The molecule has 1 aromatic carbocycles. The molecule has 0 amide bonds. The lowest BCUT2D eigenvalue weighted by atomic mass is 9.86. The van der Waals surface area contributed by atoms with Crippen molar-refractivity contribution in [3.63, 3.8) is 0 Å². The molecule has 1 heteroatoms. The third kappa shape index (κ3) is 4.35. The first kappa shape index (κ1) is 14.0. The molecule has 0 radical (unpaired) electrons. The van der Waals surface area contributed by atoms with Crippen molar-refractivity contribution in [2.45, 2.75) is 51.6 Å². The molecule has 1 rings (SSSR count). The van der Waals surface area contributed by atoms with E-state index in [9.17, 15) is 5.11 Å². The van der Waals surface area contributed by atoms with Gasteiger partial charge in [0.1, 0.15) is 0 Å². The minimum Gasteiger partial charge on any atom is -0.388 e. The van der Waals surface area contributed by atoms with Gasteiger partial charge in [-0.15, -0.1) is 6.58 Å². The maximum absolute atomic E-state index is 10.0. The molecule has 94 valence electrons. The number of hydrogen-bond acceptors (Lipinski definition) is 1. The molecule has 1 aromatic rings. The topological polar surface area (TPSA) is 20.2 Å². The molecular formula is C16H24O. The van der Waals surface area contributed by atoms with Gasteiger partial charge in [0.15, 0.2) is 0 Å². The zero-order chi connectivity index (χ0) is 12.9. The van der Waals surface area contributed by atoms with Crippen molar-refractivity contribution in [2.24, 2.45) is 0 Å². The zero-order valence-electron chi connectivity index (χ0n) is 11.2. The molecule has 0 aromatic heterocycles.